The highest BCUT2D eigenvalue weighted by molar-refractivity contribution is 8.03. The highest BCUT2D eigenvalue weighted by atomic mass is 35.5. The Morgan fingerprint density at radius 1 is 1.93 bits per heavy atom. The molecule has 1 heterocycles. The number of alkyl halides is 1. The third kappa shape index (κ3) is 2.78. The van der Waals surface area contributed by atoms with Gasteiger partial charge in [0.2, 0.25) is 5.84 Å². The molecule has 78 valence electrons. The number of hydrogen-bond donors (Lipinski definition) is 1. The van der Waals surface area contributed by atoms with Gasteiger partial charge in [0.05, 0.1) is 10.9 Å². The molecule has 0 unspecified atom stereocenters. The molecule has 0 radical (unpaired) electrons. The van der Waals surface area contributed by atoms with Crippen molar-refractivity contribution < 1.29 is 14.0 Å². The fourth-order valence-corrected chi connectivity index (χ4v) is 1.61. The standard InChI is InChI=1S/C6H7ClFN3O2S/c7-5(12)6(10-13-2-8)11-1-4(9)14-3-11/h1H,2-3,9H2. The van der Waals surface area contributed by atoms with Gasteiger partial charge in [0, 0.05) is 6.20 Å². The molecule has 0 aromatic carbocycles. The molecule has 0 atom stereocenters. The molecule has 8 heteroatoms. The van der Waals surface area contributed by atoms with Crippen LogP contribution < -0.4 is 5.73 Å². The summed E-state index contributed by atoms with van der Waals surface area (Å²) in [6, 6.07) is 0. The number of nitrogens with zero attached hydrogens (tertiary/aromatic N) is 2. The Kier molecular flexibility index (Phi) is 4.02. The molecule has 0 bridgehead atoms. The van der Waals surface area contributed by atoms with Crippen LogP contribution >= 0.6 is 23.4 Å². The van der Waals surface area contributed by atoms with Gasteiger partial charge in [0.1, 0.15) is 0 Å². The molecule has 1 rings (SSSR count). The van der Waals surface area contributed by atoms with Crippen LogP contribution in [0.4, 0.5) is 4.39 Å². The molecular formula is C6H7ClFN3O2S. The van der Waals surface area contributed by atoms with E-state index in [0.29, 0.717) is 10.9 Å². The molecule has 0 aliphatic carbocycles. The first-order chi connectivity index (χ1) is 6.65. The number of thioether (sulfide) groups is 1. The zero-order chi connectivity index (χ0) is 10.6. The predicted octanol–water partition coefficient (Wildman–Crippen LogP) is 0.773. The van der Waals surface area contributed by atoms with E-state index in [1.54, 1.807) is 0 Å². The first kappa shape index (κ1) is 11.1. The molecule has 14 heavy (non-hydrogen) atoms. The van der Waals surface area contributed by atoms with Gasteiger partial charge in [-0.1, -0.05) is 16.9 Å². The minimum absolute atomic E-state index is 0.183. The average molecular weight is 240 g/mol. The fourth-order valence-electron chi connectivity index (χ4n) is 0.781. The Hall–Kier alpha value is -0.950. The molecular weight excluding hydrogens is 233 g/mol. The smallest absolute Gasteiger partial charge is 0.291 e. The van der Waals surface area contributed by atoms with Crippen molar-refractivity contribution in [2.45, 2.75) is 0 Å². The van der Waals surface area contributed by atoms with E-state index in [-0.39, 0.29) is 5.84 Å². The van der Waals surface area contributed by atoms with Crippen LogP contribution in [0.15, 0.2) is 16.4 Å². The number of halogens is 2. The number of amidine groups is 1. The first-order valence-electron chi connectivity index (χ1n) is 3.47. The molecule has 1 aliphatic rings. The van der Waals surface area contributed by atoms with E-state index < -0.39 is 12.1 Å². The number of nitrogens with two attached hydrogens (primary N) is 1. The van der Waals surface area contributed by atoms with E-state index in [2.05, 4.69) is 9.99 Å². The Labute approximate surface area is 88.7 Å². The summed E-state index contributed by atoms with van der Waals surface area (Å²) in [4.78, 5) is 16.3. The maximum absolute atomic E-state index is 11.6. The van der Waals surface area contributed by atoms with Gasteiger partial charge in [0.25, 0.3) is 12.1 Å². The largest absolute Gasteiger partial charge is 0.392 e. The summed E-state index contributed by atoms with van der Waals surface area (Å²) < 4.78 is 11.6. The Morgan fingerprint density at radius 2 is 2.64 bits per heavy atom. The monoisotopic (exact) mass is 239 g/mol. The van der Waals surface area contributed by atoms with Crippen molar-refractivity contribution in [1.82, 2.24) is 4.90 Å². The summed E-state index contributed by atoms with van der Waals surface area (Å²) in [5.74, 6) is 0.218. The van der Waals surface area contributed by atoms with Gasteiger partial charge in [-0.05, 0) is 11.6 Å². The Balaban J connectivity index is 2.73. The van der Waals surface area contributed by atoms with Crippen molar-refractivity contribution in [2.75, 3.05) is 12.7 Å². The van der Waals surface area contributed by atoms with Crippen LogP contribution in [-0.2, 0) is 9.63 Å². The van der Waals surface area contributed by atoms with E-state index in [0.717, 1.165) is 0 Å². The molecule has 0 spiro atoms. The van der Waals surface area contributed by atoms with E-state index in [9.17, 15) is 9.18 Å². The van der Waals surface area contributed by atoms with Gasteiger partial charge < -0.3 is 15.5 Å². The van der Waals surface area contributed by atoms with Crippen molar-refractivity contribution in [3.63, 3.8) is 0 Å². The lowest BCUT2D eigenvalue weighted by Gasteiger charge is -2.11. The Morgan fingerprint density at radius 3 is 3.07 bits per heavy atom. The zero-order valence-electron chi connectivity index (χ0n) is 6.94. The Bertz CT molecular complexity index is 297. The van der Waals surface area contributed by atoms with Crippen molar-refractivity contribution in [2.24, 2.45) is 10.9 Å². The van der Waals surface area contributed by atoms with Crippen molar-refractivity contribution in [1.29, 1.82) is 0 Å². The molecule has 0 aromatic rings. The normalized spacial score (nSPS) is 16.9. The van der Waals surface area contributed by atoms with Crippen molar-refractivity contribution >= 4 is 34.4 Å². The van der Waals surface area contributed by atoms with Crippen molar-refractivity contribution in [3.05, 3.63) is 11.2 Å². The molecule has 5 nitrogen and oxygen atoms in total. The molecule has 0 aromatic heterocycles. The molecule has 0 amide bonds. The third-order valence-electron chi connectivity index (χ3n) is 1.30. The molecule has 0 saturated carbocycles. The number of carbonyl (C=O) groups is 1. The van der Waals surface area contributed by atoms with E-state index in [1.807, 2.05) is 0 Å². The number of carbonyl (C=O) groups excluding carboxylic acids is 1. The molecule has 0 saturated heterocycles. The van der Waals surface area contributed by atoms with Crippen LogP contribution in [0.25, 0.3) is 0 Å². The van der Waals surface area contributed by atoms with Gasteiger partial charge in [-0.2, -0.15) is 0 Å². The third-order valence-corrected chi connectivity index (χ3v) is 2.32. The van der Waals surface area contributed by atoms with Crippen LogP contribution in [0.5, 0.6) is 0 Å². The number of rotatable bonds is 3. The minimum atomic E-state index is -1.12. The predicted molar refractivity (Wildman–Crippen MR) is 51.9 cm³/mol. The van der Waals surface area contributed by atoms with Gasteiger partial charge in [0.15, 0.2) is 0 Å². The molecule has 0 fully saturated rings. The lowest BCUT2D eigenvalue weighted by molar-refractivity contribution is -0.107. The van der Waals surface area contributed by atoms with Crippen LogP contribution in [0.2, 0.25) is 0 Å². The highest BCUT2D eigenvalue weighted by Crippen LogP contribution is 2.21. The first-order valence-corrected chi connectivity index (χ1v) is 4.84. The number of hydrogen-bond acceptors (Lipinski definition) is 5. The van der Waals surface area contributed by atoms with Crippen LogP contribution in [-0.4, -0.2) is 28.7 Å². The maximum Gasteiger partial charge on any atom is 0.291 e. The second-order valence-electron chi connectivity index (χ2n) is 2.20. The van der Waals surface area contributed by atoms with E-state index in [4.69, 9.17) is 17.3 Å². The summed E-state index contributed by atoms with van der Waals surface area (Å²) >= 11 is 6.52. The second-order valence-corrected chi connectivity index (χ2v) is 3.56. The molecule has 2 N–H and O–H groups in total. The van der Waals surface area contributed by atoms with Gasteiger partial charge in [-0.15, -0.1) is 0 Å². The summed E-state index contributed by atoms with van der Waals surface area (Å²) in [6.45, 7) is -1.12. The van der Waals surface area contributed by atoms with E-state index >= 15 is 0 Å². The quantitative estimate of drug-likeness (QED) is 0.341. The summed E-state index contributed by atoms with van der Waals surface area (Å²) in [6.07, 6.45) is 1.48. The van der Waals surface area contributed by atoms with Gasteiger partial charge >= 0.3 is 0 Å². The van der Waals surface area contributed by atoms with Gasteiger partial charge in [-0.25, -0.2) is 4.39 Å². The fraction of sp³-hybridized carbons (Fsp3) is 0.333. The summed E-state index contributed by atoms with van der Waals surface area (Å²) in [5.41, 5.74) is 5.45. The summed E-state index contributed by atoms with van der Waals surface area (Å²) in [7, 11) is 0. The SMILES string of the molecule is NC1=CN(C(=NOCF)C(=O)Cl)CS1. The van der Waals surface area contributed by atoms with Crippen molar-refractivity contribution in [3.8, 4) is 0 Å². The lowest BCUT2D eigenvalue weighted by atomic mass is 10.6. The average Bonchev–Trinajstić information content (AvgIpc) is 2.52. The highest BCUT2D eigenvalue weighted by Gasteiger charge is 2.21. The zero-order valence-corrected chi connectivity index (χ0v) is 8.52. The van der Waals surface area contributed by atoms with E-state index in [1.165, 1.54) is 22.9 Å². The lowest BCUT2D eigenvalue weighted by Crippen LogP contribution is -2.28. The topological polar surface area (TPSA) is 67.9 Å². The molecule has 1 aliphatic heterocycles. The van der Waals surface area contributed by atoms with Crippen LogP contribution in [0.3, 0.4) is 0 Å². The van der Waals surface area contributed by atoms with Gasteiger partial charge in [-0.3, -0.25) is 4.79 Å². The second kappa shape index (κ2) is 5.06. The summed E-state index contributed by atoms with van der Waals surface area (Å²) in [5, 5.41) is 2.93. The minimum Gasteiger partial charge on any atom is -0.392 e. The maximum atomic E-state index is 11.6. The van der Waals surface area contributed by atoms with Crippen LogP contribution in [0, 0.1) is 0 Å². The van der Waals surface area contributed by atoms with Crippen LogP contribution in [0.1, 0.15) is 0 Å². The number of oxime groups is 1.